The van der Waals surface area contributed by atoms with Crippen molar-refractivity contribution in [2.45, 2.75) is 19.6 Å². The van der Waals surface area contributed by atoms with Gasteiger partial charge in [-0.2, -0.15) is 0 Å². The maximum Gasteiger partial charge on any atom is 0.344 e. The number of aliphatic imine (C=N–C) groups is 1. The Kier molecular flexibility index (Phi) is 7.52. The second kappa shape index (κ2) is 10.9. The van der Waals surface area contributed by atoms with E-state index in [2.05, 4.69) is 0 Å². The zero-order valence-electron chi connectivity index (χ0n) is 19.3. The molecule has 178 valence electrons. The van der Waals surface area contributed by atoms with Crippen LogP contribution in [0.3, 0.4) is 0 Å². The monoisotopic (exact) mass is 488 g/mol. The van der Waals surface area contributed by atoms with Gasteiger partial charge >= 0.3 is 5.97 Å². The molecule has 1 amide bonds. The van der Waals surface area contributed by atoms with Crippen LogP contribution < -0.4 is 9.47 Å². The number of carboxylic acid groups (broad SMARTS) is 1. The Hall–Kier alpha value is -4.04. The number of benzene rings is 3. The van der Waals surface area contributed by atoms with E-state index in [0.29, 0.717) is 33.7 Å². The van der Waals surface area contributed by atoms with E-state index in [1.807, 2.05) is 60.7 Å². The van der Waals surface area contributed by atoms with Crippen LogP contribution in [-0.2, 0) is 16.1 Å². The van der Waals surface area contributed by atoms with Crippen LogP contribution in [-0.4, -0.2) is 40.3 Å². The number of amides is 1. The minimum Gasteiger partial charge on any atom is -0.493 e. The van der Waals surface area contributed by atoms with Crippen LogP contribution in [0.2, 0.25) is 0 Å². The summed E-state index contributed by atoms with van der Waals surface area (Å²) in [5.41, 5.74) is 2.48. The number of thioether (sulfide) groups is 1. The number of ether oxygens (including phenoxy) is 2. The summed E-state index contributed by atoms with van der Waals surface area (Å²) in [6.45, 7) is 1.85. The first-order valence-electron chi connectivity index (χ1n) is 10.9. The number of nitrogens with zero attached hydrogens (tertiary/aromatic N) is 2. The first kappa shape index (κ1) is 24.1. The topological polar surface area (TPSA) is 88.4 Å². The molecule has 8 heteroatoms. The van der Waals surface area contributed by atoms with E-state index in [9.17, 15) is 9.59 Å². The molecule has 4 rings (SSSR count). The van der Waals surface area contributed by atoms with E-state index in [4.69, 9.17) is 19.6 Å². The molecule has 0 aromatic heterocycles. The Bertz CT molecular complexity index is 1280. The van der Waals surface area contributed by atoms with Crippen molar-refractivity contribution in [3.8, 4) is 11.5 Å². The van der Waals surface area contributed by atoms with Crippen LogP contribution in [0.4, 0.5) is 5.69 Å². The Morgan fingerprint density at radius 1 is 1.06 bits per heavy atom. The summed E-state index contributed by atoms with van der Waals surface area (Å²) in [4.78, 5) is 31.4. The Labute approximate surface area is 207 Å². The molecule has 0 radical (unpaired) electrons. The van der Waals surface area contributed by atoms with Gasteiger partial charge in [-0.1, -0.05) is 54.6 Å². The minimum atomic E-state index is -1.07. The molecule has 1 fully saturated rings. The normalized spacial score (nSPS) is 16.5. The summed E-state index contributed by atoms with van der Waals surface area (Å²) in [6, 6.07) is 24.4. The van der Waals surface area contributed by atoms with Gasteiger partial charge < -0.3 is 14.6 Å². The molecule has 3 aromatic rings. The molecule has 1 N–H and O–H groups in total. The number of methoxy groups -OCH3 is 1. The molecule has 0 aliphatic carbocycles. The van der Waals surface area contributed by atoms with E-state index in [-0.39, 0.29) is 5.91 Å². The predicted molar refractivity (Wildman–Crippen MR) is 137 cm³/mol. The van der Waals surface area contributed by atoms with Crippen LogP contribution in [0.5, 0.6) is 11.5 Å². The lowest BCUT2D eigenvalue weighted by molar-refractivity contribution is -0.144. The number of aliphatic carboxylic acids is 1. The third kappa shape index (κ3) is 5.91. The van der Waals surface area contributed by atoms with E-state index < -0.39 is 12.1 Å². The fourth-order valence-corrected chi connectivity index (χ4v) is 4.37. The van der Waals surface area contributed by atoms with Crippen molar-refractivity contribution in [1.82, 2.24) is 4.90 Å². The Morgan fingerprint density at radius 3 is 2.40 bits per heavy atom. The number of hydrogen-bond acceptors (Lipinski definition) is 6. The van der Waals surface area contributed by atoms with Crippen molar-refractivity contribution in [1.29, 1.82) is 0 Å². The molecule has 0 saturated carbocycles. The number of carbonyl (C=O) groups is 2. The second-order valence-corrected chi connectivity index (χ2v) is 8.74. The van der Waals surface area contributed by atoms with Gasteiger partial charge in [0.1, 0.15) is 0 Å². The molecule has 0 unspecified atom stereocenters. The van der Waals surface area contributed by atoms with Gasteiger partial charge in [0.15, 0.2) is 22.8 Å². The lowest BCUT2D eigenvalue weighted by Crippen LogP contribution is -2.28. The molecule has 1 atom stereocenters. The average molecular weight is 489 g/mol. The largest absolute Gasteiger partial charge is 0.493 e. The number of para-hydroxylation sites is 1. The van der Waals surface area contributed by atoms with Gasteiger partial charge in [-0.3, -0.25) is 9.69 Å². The summed E-state index contributed by atoms with van der Waals surface area (Å²) in [5, 5.41) is 9.71. The average Bonchev–Trinajstić information content (AvgIpc) is 3.14. The van der Waals surface area contributed by atoms with Gasteiger partial charge in [0.05, 0.1) is 24.2 Å². The lowest BCUT2D eigenvalue weighted by atomic mass is 10.1. The number of hydrogen-bond donors (Lipinski definition) is 1. The molecule has 1 aliphatic heterocycles. The van der Waals surface area contributed by atoms with Gasteiger partial charge in [-0.05, 0) is 60.2 Å². The van der Waals surface area contributed by atoms with E-state index in [0.717, 1.165) is 11.3 Å². The molecule has 7 nitrogen and oxygen atoms in total. The van der Waals surface area contributed by atoms with Gasteiger partial charge in [-0.15, -0.1) is 0 Å². The van der Waals surface area contributed by atoms with Crippen LogP contribution in [0.1, 0.15) is 18.1 Å². The third-order valence-electron chi connectivity index (χ3n) is 5.19. The highest BCUT2D eigenvalue weighted by molar-refractivity contribution is 8.18. The van der Waals surface area contributed by atoms with Crippen molar-refractivity contribution in [3.05, 3.63) is 94.9 Å². The molecule has 1 aliphatic rings. The molecular formula is C27H24N2O5S. The van der Waals surface area contributed by atoms with Crippen LogP contribution in [0, 0.1) is 0 Å². The SMILES string of the molecule is COc1cc(/C=C2\SC(=Nc3ccccc3)N(Cc3ccccc3)C2=O)ccc1O[C@@H](C)C(=O)O. The Morgan fingerprint density at radius 2 is 1.74 bits per heavy atom. The van der Waals surface area contributed by atoms with Gasteiger partial charge in [-0.25, -0.2) is 9.79 Å². The van der Waals surface area contributed by atoms with Crippen molar-refractivity contribution >= 4 is 40.6 Å². The summed E-state index contributed by atoms with van der Waals surface area (Å²) >= 11 is 1.31. The molecule has 1 saturated heterocycles. The quantitative estimate of drug-likeness (QED) is 0.430. The first-order valence-corrected chi connectivity index (χ1v) is 11.7. The zero-order chi connectivity index (χ0) is 24.8. The summed E-state index contributed by atoms with van der Waals surface area (Å²) < 4.78 is 10.9. The highest BCUT2D eigenvalue weighted by Gasteiger charge is 2.33. The predicted octanol–water partition coefficient (Wildman–Crippen LogP) is 5.35. The highest BCUT2D eigenvalue weighted by Crippen LogP contribution is 2.36. The number of carboxylic acids is 1. The van der Waals surface area contributed by atoms with Crippen molar-refractivity contribution in [2.24, 2.45) is 4.99 Å². The van der Waals surface area contributed by atoms with Crippen molar-refractivity contribution < 1.29 is 24.2 Å². The fraction of sp³-hybridized carbons (Fsp3) is 0.148. The van der Waals surface area contributed by atoms with Crippen molar-refractivity contribution in [3.63, 3.8) is 0 Å². The standard InChI is InChI=1S/C27H24N2O5S/c1-18(26(31)32)34-22-14-13-20(15-23(22)33-2)16-24-25(30)29(17-19-9-5-3-6-10-19)27(35-24)28-21-11-7-4-8-12-21/h3-16,18H,17H2,1-2H3,(H,31,32)/b24-16-,28-27?/t18-/m0/s1. The number of rotatable bonds is 8. The molecule has 0 spiro atoms. The molecule has 3 aromatic carbocycles. The second-order valence-electron chi connectivity index (χ2n) is 7.73. The molecule has 1 heterocycles. The highest BCUT2D eigenvalue weighted by atomic mass is 32.2. The van der Waals surface area contributed by atoms with E-state index in [1.54, 1.807) is 29.2 Å². The molecule has 35 heavy (non-hydrogen) atoms. The Balaban J connectivity index is 1.65. The summed E-state index contributed by atoms with van der Waals surface area (Å²) in [5.74, 6) is -0.531. The summed E-state index contributed by atoms with van der Waals surface area (Å²) in [6.07, 6.45) is 0.745. The fourth-order valence-electron chi connectivity index (χ4n) is 3.37. The molecule has 0 bridgehead atoms. The number of amidine groups is 1. The first-order chi connectivity index (χ1) is 16.9. The maximum atomic E-state index is 13.4. The van der Waals surface area contributed by atoms with Crippen LogP contribution in [0.15, 0.2) is 88.8 Å². The van der Waals surface area contributed by atoms with Gasteiger partial charge in [0.2, 0.25) is 0 Å². The van der Waals surface area contributed by atoms with Crippen LogP contribution >= 0.6 is 11.8 Å². The van der Waals surface area contributed by atoms with E-state index in [1.165, 1.54) is 25.8 Å². The van der Waals surface area contributed by atoms with Crippen molar-refractivity contribution in [2.75, 3.05) is 7.11 Å². The lowest BCUT2D eigenvalue weighted by Gasteiger charge is -2.15. The minimum absolute atomic E-state index is 0.146. The number of carbonyl (C=O) groups excluding carboxylic acids is 1. The third-order valence-corrected chi connectivity index (χ3v) is 6.20. The molecular weight excluding hydrogens is 464 g/mol. The van der Waals surface area contributed by atoms with E-state index >= 15 is 0 Å². The van der Waals surface area contributed by atoms with Gasteiger partial charge in [0.25, 0.3) is 5.91 Å². The maximum absolute atomic E-state index is 13.4. The zero-order valence-corrected chi connectivity index (χ0v) is 20.1. The van der Waals surface area contributed by atoms with Crippen LogP contribution in [0.25, 0.3) is 6.08 Å². The smallest absolute Gasteiger partial charge is 0.344 e. The summed E-state index contributed by atoms with van der Waals surface area (Å²) in [7, 11) is 1.48. The van der Waals surface area contributed by atoms with Gasteiger partial charge in [0, 0.05) is 0 Å².